The van der Waals surface area contributed by atoms with E-state index in [1.54, 1.807) is 0 Å². The quantitative estimate of drug-likeness (QED) is 0.239. The number of halogens is 2. The smallest absolute Gasteiger partial charge is 0.316 e. The SMILES string of the molecule is Cc1ccc(C(=O)COC(=O)CSc2cc(F)ccc2F)cc1[N+](=O)[O-]. The maximum atomic E-state index is 13.4. The molecule has 0 bridgehead atoms. The summed E-state index contributed by atoms with van der Waals surface area (Å²) in [6.45, 7) is 0.931. The molecule has 0 amide bonds. The lowest BCUT2D eigenvalue weighted by Crippen LogP contribution is -2.15. The van der Waals surface area contributed by atoms with E-state index >= 15 is 0 Å². The van der Waals surface area contributed by atoms with Crippen LogP contribution < -0.4 is 0 Å². The van der Waals surface area contributed by atoms with Crippen molar-refractivity contribution in [3.8, 4) is 0 Å². The second kappa shape index (κ2) is 8.52. The van der Waals surface area contributed by atoms with Crippen LogP contribution in [0.1, 0.15) is 15.9 Å². The molecule has 136 valence electrons. The number of ketones is 1. The third kappa shape index (κ3) is 5.09. The van der Waals surface area contributed by atoms with E-state index in [-0.39, 0.29) is 21.9 Å². The van der Waals surface area contributed by atoms with Crippen molar-refractivity contribution in [1.82, 2.24) is 0 Å². The summed E-state index contributed by atoms with van der Waals surface area (Å²) >= 11 is 0.735. The van der Waals surface area contributed by atoms with Gasteiger partial charge in [0, 0.05) is 22.1 Å². The van der Waals surface area contributed by atoms with E-state index in [1.807, 2.05) is 0 Å². The standard InChI is InChI=1S/C17H13F2NO5S/c1-10-2-3-11(6-14(10)20(23)24)15(21)8-25-17(22)9-26-16-7-12(18)4-5-13(16)19/h2-7H,8-9H2,1H3. The monoisotopic (exact) mass is 381 g/mol. The van der Waals surface area contributed by atoms with Gasteiger partial charge in [0.2, 0.25) is 5.78 Å². The van der Waals surface area contributed by atoms with Gasteiger partial charge in [0.05, 0.1) is 10.7 Å². The van der Waals surface area contributed by atoms with Crippen molar-refractivity contribution in [3.63, 3.8) is 0 Å². The molecule has 2 aromatic rings. The Hall–Kier alpha value is -2.81. The van der Waals surface area contributed by atoms with Crippen LogP contribution >= 0.6 is 11.8 Å². The van der Waals surface area contributed by atoms with E-state index in [4.69, 9.17) is 4.74 Å². The number of Topliss-reactive ketones (excluding diaryl/α,β-unsaturated/α-hetero) is 1. The molecule has 0 radical (unpaired) electrons. The molecule has 0 aliphatic rings. The first-order valence-corrected chi connectivity index (χ1v) is 8.28. The van der Waals surface area contributed by atoms with Crippen molar-refractivity contribution in [3.05, 3.63) is 69.3 Å². The van der Waals surface area contributed by atoms with Gasteiger partial charge in [-0.3, -0.25) is 19.7 Å². The molecule has 0 heterocycles. The van der Waals surface area contributed by atoms with Crippen molar-refractivity contribution < 1.29 is 28.0 Å². The second-order valence-corrected chi connectivity index (χ2v) is 6.22. The topological polar surface area (TPSA) is 86.5 Å². The van der Waals surface area contributed by atoms with Crippen LogP contribution in [0.25, 0.3) is 0 Å². The molecule has 0 unspecified atom stereocenters. The van der Waals surface area contributed by atoms with Gasteiger partial charge in [-0.25, -0.2) is 8.78 Å². The highest BCUT2D eigenvalue weighted by atomic mass is 32.2. The number of nitro groups is 1. The maximum absolute atomic E-state index is 13.4. The fraction of sp³-hybridized carbons (Fsp3) is 0.176. The van der Waals surface area contributed by atoms with Crippen LogP contribution in [0.3, 0.4) is 0 Å². The van der Waals surface area contributed by atoms with Crippen LogP contribution in [0.2, 0.25) is 0 Å². The van der Waals surface area contributed by atoms with E-state index in [1.165, 1.54) is 19.1 Å². The number of aryl methyl sites for hydroxylation is 1. The molecule has 0 atom stereocenters. The van der Waals surface area contributed by atoms with Crippen molar-refractivity contribution in [1.29, 1.82) is 0 Å². The van der Waals surface area contributed by atoms with E-state index in [2.05, 4.69) is 0 Å². The van der Waals surface area contributed by atoms with Crippen molar-refractivity contribution >= 4 is 29.2 Å². The molecule has 2 aromatic carbocycles. The number of hydrogen-bond donors (Lipinski definition) is 0. The molecule has 0 aliphatic carbocycles. The minimum atomic E-state index is -0.798. The minimum absolute atomic E-state index is 0.0407. The van der Waals surface area contributed by atoms with Gasteiger partial charge in [-0.05, 0) is 25.1 Å². The van der Waals surface area contributed by atoms with Gasteiger partial charge in [-0.15, -0.1) is 11.8 Å². The highest BCUT2D eigenvalue weighted by molar-refractivity contribution is 8.00. The number of benzene rings is 2. The molecule has 2 rings (SSSR count). The Kier molecular flexibility index (Phi) is 6.40. The number of rotatable bonds is 7. The van der Waals surface area contributed by atoms with Crippen LogP contribution in [0.15, 0.2) is 41.3 Å². The van der Waals surface area contributed by atoms with E-state index in [9.17, 15) is 28.5 Å². The summed E-state index contributed by atoms with van der Waals surface area (Å²) in [5.74, 6) is -3.04. The highest BCUT2D eigenvalue weighted by Gasteiger charge is 2.17. The first kappa shape index (κ1) is 19.5. The number of ether oxygens (including phenoxy) is 1. The van der Waals surface area contributed by atoms with E-state index < -0.39 is 34.9 Å². The summed E-state index contributed by atoms with van der Waals surface area (Å²) in [6, 6.07) is 6.78. The number of nitrogens with zero attached hydrogens (tertiary/aromatic N) is 1. The Morgan fingerprint density at radius 2 is 1.92 bits per heavy atom. The zero-order valence-corrected chi connectivity index (χ0v) is 14.3. The highest BCUT2D eigenvalue weighted by Crippen LogP contribution is 2.23. The van der Waals surface area contributed by atoms with Gasteiger partial charge >= 0.3 is 5.97 Å². The average Bonchev–Trinajstić information content (AvgIpc) is 2.60. The molecular weight excluding hydrogens is 368 g/mol. The maximum Gasteiger partial charge on any atom is 0.316 e. The molecule has 6 nitrogen and oxygen atoms in total. The summed E-state index contributed by atoms with van der Waals surface area (Å²) in [7, 11) is 0. The third-order valence-electron chi connectivity index (χ3n) is 3.33. The van der Waals surface area contributed by atoms with Crippen molar-refractivity contribution in [2.45, 2.75) is 11.8 Å². The fourth-order valence-corrected chi connectivity index (χ4v) is 2.73. The summed E-state index contributed by atoms with van der Waals surface area (Å²) < 4.78 is 31.3. The van der Waals surface area contributed by atoms with Gasteiger partial charge in [0.1, 0.15) is 11.6 Å². The number of carbonyl (C=O) groups excluding carboxylic acids is 2. The Labute approximate surface area is 151 Å². The molecule has 0 aliphatic heterocycles. The van der Waals surface area contributed by atoms with Gasteiger partial charge in [0.25, 0.3) is 5.69 Å². The van der Waals surface area contributed by atoms with Crippen LogP contribution in [0.4, 0.5) is 14.5 Å². The molecule has 0 aromatic heterocycles. The lowest BCUT2D eigenvalue weighted by atomic mass is 10.1. The van der Waals surface area contributed by atoms with Gasteiger partial charge in [-0.1, -0.05) is 12.1 Å². The predicted molar refractivity (Wildman–Crippen MR) is 90.2 cm³/mol. The predicted octanol–water partition coefficient (Wildman–Crippen LogP) is 3.70. The normalized spacial score (nSPS) is 10.4. The molecule has 9 heteroatoms. The largest absolute Gasteiger partial charge is 0.457 e. The van der Waals surface area contributed by atoms with Crippen LogP contribution in [-0.4, -0.2) is 29.0 Å². The second-order valence-electron chi connectivity index (χ2n) is 5.21. The fourth-order valence-electron chi connectivity index (χ4n) is 1.98. The zero-order chi connectivity index (χ0) is 19.3. The molecule has 0 N–H and O–H groups in total. The van der Waals surface area contributed by atoms with E-state index in [0.717, 1.165) is 36.0 Å². The van der Waals surface area contributed by atoms with Crippen LogP contribution in [-0.2, 0) is 9.53 Å². The van der Waals surface area contributed by atoms with Crippen molar-refractivity contribution in [2.24, 2.45) is 0 Å². The Balaban J connectivity index is 1.91. The summed E-state index contributed by atoms with van der Waals surface area (Å²) in [4.78, 5) is 33.9. The average molecular weight is 381 g/mol. The number of nitro benzene ring substituents is 1. The first-order valence-electron chi connectivity index (χ1n) is 7.29. The molecule has 0 spiro atoms. The summed E-state index contributed by atoms with van der Waals surface area (Å²) in [5, 5.41) is 10.9. The molecular formula is C17H13F2NO5S. The number of thioether (sulfide) groups is 1. The first-order chi connectivity index (χ1) is 12.3. The number of hydrogen-bond acceptors (Lipinski definition) is 6. The lowest BCUT2D eigenvalue weighted by Gasteiger charge is -2.06. The third-order valence-corrected chi connectivity index (χ3v) is 4.33. The molecule has 0 saturated carbocycles. The van der Waals surface area contributed by atoms with Gasteiger partial charge < -0.3 is 4.74 Å². The number of esters is 1. The molecule has 0 saturated heterocycles. The summed E-state index contributed by atoms with van der Waals surface area (Å²) in [5.41, 5.74) is 0.232. The Morgan fingerprint density at radius 3 is 2.62 bits per heavy atom. The van der Waals surface area contributed by atoms with E-state index in [0.29, 0.717) is 5.56 Å². The van der Waals surface area contributed by atoms with Gasteiger partial charge in [-0.2, -0.15) is 0 Å². The Bertz CT molecular complexity index is 872. The zero-order valence-electron chi connectivity index (χ0n) is 13.5. The molecule has 26 heavy (non-hydrogen) atoms. The van der Waals surface area contributed by atoms with Crippen molar-refractivity contribution in [2.75, 3.05) is 12.4 Å². The van der Waals surface area contributed by atoms with Gasteiger partial charge in [0.15, 0.2) is 6.61 Å². The van der Waals surface area contributed by atoms with Crippen LogP contribution in [0, 0.1) is 28.7 Å². The Morgan fingerprint density at radius 1 is 1.19 bits per heavy atom. The molecule has 0 fully saturated rings. The lowest BCUT2D eigenvalue weighted by molar-refractivity contribution is -0.385. The van der Waals surface area contributed by atoms with Crippen LogP contribution in [0.5, 0.6) is 0 Å². The minimum Gasteiger partial charge on any atom is -0.457 e. The summed E-state index contributed by atoms with van der Waals surface area (Å²) in [6.07, 6.45) is 0. The number of carbonyl (C=O) groups is 2.